The molecule has 15 heavy (non-hydrogen) atoms. The lowest BCUT2D eigenvalue weighted by Crippen LogP contribution is -2.13. The number of esters is 1. The van der Waals surface area contributed by atoms with Crippen LogP contribution in [0.4, 0.5) is 0 Å². The molecule has 0 heterocycles. The standard InChI is InChI=1S/C10H16O5/c1-3-8(2)14-6-7-15-10(13)5-4-9(11)12/h4-5,8H,3,6-7H2,1-2H3,(H,11,12)/b5-4-. The summed E-state index contributed by atoms with van der Waals surface area (Å²) in [6.45, 7) is 4.37. The predicted molar refractivity (Wildman–Crippen MR) is 53.4 cm³/mol. The molecule has 0 bridgehead atoms. The van der Waals surface area contributed by atoms with Crippen LogP contribution in [0.1, 0.15) is 20.3 Å². The molecule has 0 amide bonds. The van der Waals surface area contributed by atoms with E-state index in [4.69, 9.17) is 9.84 Å². The van der Waals surface area contributed by atoms with E-state index in [1.165, 1.54) is 0 Å². The summed E-state index contributed by atoms with van der Waals surface area (Å²) in [5.74, 6) is -1.85. The molecule has 0 rings (SSSR count). The summed E-state index contributed by atoms with van der Waals surface area (Å²) in [6.07, 6.45) is 2.63. The lowest BCUT2D eigenvalue weighted by Gasteiger charge is -2.09. The predicted octanol–water partition coefficient (Wildman–Crippen LogP) is 0.985. The topological polar surface area (TPSA) is 72.8 Å². The van der Waals surface area contributed by atoms with Gasteiger partial charge in [-0.2, -0.15) is 0 Å². The van der Waals surface area contributed by atoms with E-state index in [2.05, 4.69) is 4.74 Å². The minimum absolute atomic E-state index is 0.132. The number of hydrogen-bond donors (Lipinski definition) is 1. The van der Waals surface area contributed by atoms with Gasteiger partial charge in [-0.3, -0.25) is 0 Å². The maximum atomic E-state index is 10.8. The Morgan fingerprint density at radius 2 is 2.00 bits per heavy atom. The van der Waals surface area contributed by atoms with Crippen molar-refractivity contribution in [2.45, 2.75) is 26.4 Å². The second-order valence-corrected chi connectivity index (χ2v) is 2.93. The largest absolute Gasteiger partial charge is 0.478 e. The molecule has 0 fully saturated rings. The zero-order valence-corrected chi connectivity index (χ0v) is 8.93. The van der Waals surface area contributed by atoms with Gasteiger partial charge < -0.3 is 14.6 Å². The van der Waals surface area contributed by atoms with E-state index >= 15 is 0 Å². The molecule has 86 valence electrons. The van der Waals surface area contributed by atoms with Crippen LogP contribution in [0.15, 0.2) is 12.2 Å². The third-order valence-electron chi connectivity index (χ3n) is 1.67. The number of ether oxygens (including phenoxy) is 2. The fraction of sp³-hybridized carbons (Fsp3) is 0.600. The average molecular weight is 216 g/mol. The summed E-state index contributed by atoms with van der Waals surface area (Å²) in [4.78, 5) is 20.9. The SMILES string of the molecule is CCC(C)OCCOC(=O)/C=C\C(=O)O. The minimum atomic E-state index is -1.18. The van der Waals surface area contributed by atoms with Crippen molar-refractivity contribution in [1.82, 2.24) is 0 Å². The van der Waals surface area contributed by atoms with Gasteiger partial charge in [0.05, 0.1) is 12.7 Å². The quantitative estimate of drug-likeness (QED) is 0.390. The van der Waals surface area contributed by atoms with Gasteiger partial charge in [0.25, 0.3) is 0 Å². The fourth-order valence-corrected chi connectivity index (χ4v) is 0.697. The molecular formula is C10H16O5. The number of carbonyl (C=O) groups excluding carboxylic acids is 1. The number of hydrogen-bond acceptors (Lipinski definition) is 4. The van der Waals surface area contributed by atoms with Crippen LogP contribution in [0.25, 0.3) is 0 Å². The van der Waals surface area contributed by atoms with Gasteiger partial charge in [-0.15, -0.1) is 0 Å². The molecule has 1 atom stereocenters. The Hall–Kier alpha value is -1.36. The van der Waals surface area contributed by atoms with Crippen molar-refractivity contribution in [3.8, 4) is 0 Å². The van der Waals surface area contributed by atoms with Crippen molar-refractivity contribution in [1.29, 1.82) is 0 Å². The second-order valence-electron chi connectivity index (χ2n) is 2.93. The highest BCUT2D eigenvalue weighted by Crippen LogP contribution is 1.95. The first-order valence-corrected chi connectivity index (χ1v) is 4.75. The molecule has 0 aliphatic rings. The Morgan fingerprint density at radius 3 is 2.53 bits per heavy atom. The van der Waals surface area contributed by atoms with Crippen molar-refractivity contribution in [3.05, 3.63) is 12.2 Å². The summed E-state index contributed by atoms with van der Waals surface area (Å²) >= 11 is 0. The zero-order valence-electron chi connectivity index (χ0n) is 8.93. The molecule has 0 saturated carbocycles. The Labute approximate surface area is 88.7 Å². The van der Waals surface area contributed by atoms with Crippen LogP contribution < -0.4 is 0 Å². The number of carboxylic acids is 1. The monoisotopic (exact) mass is 216 g/mol. The highest BCUT2D eigenvalue weighted by molar-refractivity contribution is 5.90. The van der Waals surface area contributed by atoms with E-state index in [1.54, 1.807) is 0 Å². The summed E-state index contributed by atoms with van der Waals surface area (Å²) < 4.78 is 9.92. The van der Waals surface area contributed by atoms with Gasteiger partial charge in [0, 0.05) is 12.2 Å². The van der Waals surface area contributed by atoms with Gasteiger partial charge in [0.15, 0.2) is 0 Å². The van der Waals surface area contributed by atoms with Gasteiger partial charge >= 0.3 is 11.9 Å². The smallest absolute Gasteiger partial charge is 0.331 e. The Bertz CT molecular complexity index is 234. The molecule has 0 aromatic carbocycles. The molecule has 0 aromatic heterocycles. The summed E-state index contributed by atoms with van der Waals surface area (Å²) in [5, 5.41) is 8.22. The average Bonchev–Trinajstić information content (AvgIpc) is 2.21. The maximum absolute atomic E-state index is 10.8. The first kappa shape index (κ1) is 13.6. The fourth-order valence-electron chi connectivity index (χ4n) is 0.697. The highest BCUT2D eigenvalue weighted by Gasteiger charge is 2.00. The lowest BCUT2D eigenvalue weighted by molar-refractivity contribution is -0.140. The first-order chi connectivity index (χ1) is 7.06. The Kier molecular flexibility index (Phi) is 7.27. The lowest BCUT2D eigenvalue weighted by atomic mass is 10.3. The number of carbonyl (C=O) groups is 2. The normalized spacial score (nSPS) is 12.7. The second kappa shape index (κ2) is 7.99. The Morgan fingerprint density at radius 1 is 1.33 bits per heavy atom. The van der Waals surface area contributed by atoms with Crippen molar-refractivity contribution >= 4 is 11.9 Å². The molecule has 5 heteroatoms. The van der Waals surface area contributed by atoms with Crippen molar-refractivity contribution in [2.75, 3.05) is 13.2 Å². The van der Waals surface area contributed by atoms with Gasteiger partial charge in [0.1, 0.15) is 6.61 Å². The summed E-state index contributed by atoms with van der Waals surface area (Å²) in [7, 11) is 0. The van der Waals surface area contributed by atoms with E-state index in [9.17, 15) is 9.59 Å². The van der Waals surface area contributed by atoms with Gasteiger partial charge in [-0.05, 0) is 13.3 Å². The summed E-state index contributed by atoms with van der Waals surface area (Å²) in [5.41, 5.74) is 0. The summed E-state index contributed by atoms with van der Waals surface area (Å²) in [6, 6.07) is 0. The van der Waals surface area contributed by atoms with Crippen LogP contribution in [0, 0.1) is 0 Å². The van der Waals surface area contributed by atoms with E-state index < -0.39 is 11.9 Å². The molecule has 0 aliphatic carbocycles. The molecule has 1 unspecified atom stereocenters. The minimum Gasteiger partial charge on any atom is -0.478 e. The molecular weight excluding hydrogens is 200 g/mol. The number of aliphatic carboxylic acids is 1. The number of rotatable bonds is 7. The van der Waals surface area contributed by atoms with Gasteiger partial charge in [0.2, 0.25) is 0 Å². The molecule has 0 aliphatic heterocycles. The molecule has 0 spiro atoms. The Balaban J connectivity index is 3.51. The molecule has 5 nitrogen and oxygen atoms in total. The third kappa shape index (κ3) is 8.96. The van der Waals surface area contributed by atoms with Crippen molar-refractivity contribution in [3.63, 3.8) is 0 Å². The molecule has 0 radical (unpaired) electrons. The van der Waals surface area contributed by atoms with Crippen LogP contribution in [-0.4, -0.2) is 36.4 Å². The molecule has 1 N–H and O–H groups in total. The van der Waals surface area contributed by atoms with Crippen LogP contribution >= 0.6 is 0 Å². The van der Waals surface area contributed by atoms with Crippen molar-refractivity contribution < 1.29 is 24.2 Å². The van der Waals surface area contributed by atoms with Crippen LogP contribution in [0.2, 0.25) is 0 Å². The van der Waals surface area contributed by atoms with Crippen molar-refractivity contribution in [2.24, 2.45) is 0 Å². The highest BCUT2D eigenvalue weighted by atomic mass is 16.6. The maximum Gasteiger partial charge on any atom is 0.331 e. The van der Waals surface area contributed by atoms with E-state index in [0.29, 0.717) is 6.61 Å². The van der Waals surface area contributed by atoms with Crippen LogP contribution in [0.3, 0.4) is 0 Å². The van der Waals surface area contributed by atoms with Crippen LogP contribution in [0.5, 0.6) is 0 Å². The number of carboxylic acid groups (broad SMARTS) is 1. The zero-order chi connectivity index (χ0) is 11.7. The van der Waals surface area contributed by atoms with E-state index in [1.807, 2.05) is 13.8 Å². The molecule has 0 saturated heterocycles. The van der Waals surface area contributed by atoms with Gasteiger partial charge in [-0.1, -0.05) is 6.92 Å². The van der Waals surface area contributed by atoms with E-state index in [0.717, 1.165) is 18.6 Å². The first-order valence-electron chi connectivity index (χ1n) is 4.75. The third-order valence-corrected chi connectivity index (χ3v) is 1.67. The molecule has 0 aromatic rings. The van der Waals surface area contributed by atoms with E-state index in [-0.39, 0.29) is 12.7 Å². The van der Waals surface area contributed by atoms with Gasteiger partial charge in [-0.25, -0.2) is 9.59 Å². The van der Waals surface area contributed by atoms with Crippen LogP contribution in [-0.2, 0) is 19.1 Å².